The standard InChI is InChI=1S/C16H24N2O3S/c1-12-7-8-14(22(3,20)21)10-15(12)17-11-16(19)18-9-5-4-6-13(18)2/h7-8,10,13,17H,4-6,9,11H2,1-3H3. The van der Waals surface area contributed by atoms with Crippen molar-refractivity contribution >= 4 is 21.4 Å². The molecule has 6 heteroatoms. The van der Waals surface area contributed by atoms with Crippen molar-refractivity contribution in [3.63, 3.8) is 0 Å². The van der Waals surface area contributed by atoms with Gasteiger partial charge in [-0.1, -0.05) is 6.07 Å². The van der Waals surface area contributed by atoms with Gasteiger partial charge in [0, 0.05) is 24.5 Å². The molecule has 5 nitrogen and oxygen atoms in total. The largest absolute Gasteiger partial charge is 0.376 e. The van der Waals surface area contributed by atoms with Crippen molar-refractivity contribution in [1.82, 2.24) is 4.90 Å². The van der Waals surface area contributed by atoms with E-state index < -0.39 is 9.84 Å². The van der Waals surface area contributed by atoms with E-state index in [1.807, 2.05) is 11.8 Å². The van der Waals surface area contributed by atoms with Crippen LogP contribution in [0.1, 0.15) is 31.7 Å². The molecule has 1 aliphatic rings. The van der Waals surface area contributed by atoms with Crippen LogP contribution in [0.2, 0.25) is 0 Å². The molecule has 1 aromatic rings. The number of nitrogens with one attached hydrogen (secondary N) is 1. The second kappa shape index (κ2) is 6.69. The normalized spacial score (nSPS) is 19.0. The number of aryl methyl sites for hydroxylation is 1. The zero-order valence-electron chi connectivity index (χ0n) is 13.4. The number of sulfone groups is 1. The maximum atomic E-state index is 12.3. The molecule has 1 heterocycles. The van der Waals surface area contributed by atoms with E-state index in [1.165, 1.54) is 12.7 Å². The summed E-state index contributed by atoms with van der Waals surface area (Å²) in [5, 5.41) is 3.09. The Bertz CT molecular complexity index is 655. The predicted octanol–water partition coefficient (Wildman–Crippen LogP) is 2.21. The lowest BCUT2D eigenvalue weighted by Gasteiger charge is -2.33. The average molecular weight is 324 g/mol. The number of nitrogens with zero attached hydrogens (tertiary/aromatic N) is 1. The van der Waals surface area contributed by atoms with Crippen LogP contribution in [0.15, 0.2) is 23.1 Å². The Hall–Kier alpha value is -1.56. The number of benzene rings is 1. The molecule has 1 saturated heterocycles. The Balaban J connectivity index is 2.06. The second-order valence-corrected chi connectivity index (χ2v) is 8.05. The van der Waals surface area contributed by atoms with Crippen LogP contribution in [0.5, 0.6) is 0 Å². The van der Waals surface area contributed by atoms with Crippen molar-refractivity contribution in [2.75, 3.05) is 24.7 Å². The fraction of sp³-hybridized carbons (Fsp3) is 0.562. The molecule has 1 atom stereocenters. The van der Waals surface area contributed by atoms with E-state index in [0.717, 1.165) is 24.9 Å². The first-order valence-electron chi connectivity index (χ1n) is 7.63. The SMILES string of the molecule is Cc1ccc(S(C)(=O)=O)cc1NCC(=O)N1CCCCC1C. The molecule has 0 bridgehead atoms. The molecule has 1 amide bonds. The van der Waals surface area contributed by atoms with E-state index in [1.54, 1.807) is 18.2 Å². The van der Waals surface area contributed by atoms with Gasteiger partial charge in [-0.25, -0.2) is 8.42 Å². The first-order valence-corrected chi connectivity index (χ1v) is 9.52. The number of rotatable bonds is 4. The monoisotopic (exact) mass is 324 g/mol. The van der Waals surface area contributed by atoms with E-state index in [2.05, 4.69) is 12.2 Å². The minimum Gasteiger partial charge on any atom is -0.376 e. The van der Waals surface area contributed by atoms with E-state index in [4.69, 9.17) is 0 Å². The van der Waals surface area contributed by atoms with Crippen LogP contribution in [0.25, 0.3) is 0 Å². The molecule has 0 aliphatic carbocycles. The van der Waals surface area contributed by atoms with E-state index in [0.29, 0.717) is 5.69 Å². The molecular weight excluding hydrogens is 300 g/mol. The second-order valence-electron chi connectivity index (χ2n) is 6.03. The highest BCUT2D eigenvalue weighted by Gasteiger charge is 2.22. The van der Waals surface area contributed by atoms with Crippen LogP contribution < -0.4 is 5.32 Å². The van der Waals surface area contributed by atoms with Crippen LogP contribution in [-0.4, -0.2) is 44.6 Å². The highest BCUT2D eigenvalue weighted by molar-refractivity contribution is 7.90. The van der Waals surface area contributed by atoms with Crippen LogP contribution in [-0.2, 0) is 14.6 Å². The molecule has 1 aliphatic heterocycles. The summed E-state index contributed by atoms with van der Waals surface area (Å²) in [4.78, 5) is 14.5. The zero-order valence-corrected chi connectivity index (χ0v) is 14.2. The Kier molecular flexibility index (Phi) is 5.11. The average Bonchev–Trinajstić information content (AvgIpc) is 2.45. The lowest BCUT2D eigenvalue weighted by atomic mass is 10.0. The summed E-state index contributed by atoms with van der Waals surface area (Å²) in [6, 6.07) is 5.22. The quantitative estimate of drug-likeness (QED) is 0.922. The molecule has 0 spiro atoms. The Morgan fingerprint density at radius 1 is 1.36 bits per heavy atom. The summed E-state index contributed by atoms with van der Waals surface area (Å²) in [5.41, 5.74) is 1.62. The number of piperidine rings is 1. The van der Waals surface area contributed by atoms with Gasteiger partial charge in [-0.15, -0.1) is 0 Å². The van der Waals surface area contributed by atoms with Gasteiger partial charge < -0.3 is 10.2 Å². The van der Waals surface area contributed by atoms with Gasteiger partial charge in [0.25, 0.3) is 0 Å². The number of likely N-dealkylation sites (tertiary alicyclic amines) is 1. The van der Waals surface area contributed by atoms with Gasteiger partial charge in [-0.3, -0.25) is 4.79 Å². The van der Waals surface area contributed by atoms with Gasteiger partial charge in [0.1, 0.15) is 0 Å². The van der Waals surface area contributed by atoms with Crippen molar-refractivity contribution in [2.24, 2.45) is 0 Å². The van der Waals surface area contributed by atoms with Crippen molar-refractivity contribution in [2.45, 2.75) is 44.0 Å². The summed E-state index contributed by atoms with van der Waals surface area (Å²) in [6.45, 7) is 4.97. The van der Waals surface area contributed by atoms with Crippen molar-refractivity contribution < 1.29 is 13.2 Å². The number of amides is 1. The minimum absolute atomic E-state index is 0.0661. The molecule has 1 N–H and O–H groups in total. The molecule has 2 rings (SSSR count). The van der Waals surface area contributed by atoms with Crippen molar-refractivity contribution in [3.05, 3.63) is 23.8 Å². The molecule has 1 fully saturated rings. The number of hydrogen-bond donors (Lipinski definition) is 1. The topological polar surface area (TPSA) is 66.5 Å². The molecule has 122 valence electrons. The molecule has 0 radical (unpaired) electrons. The van der Waals surface area contributed by atoms with Gasteiger partial charge in [0.15, 0.2) is 9.84 Å². The third-order valence-corrected chi connectivity index (χ3v) is 5.30. The predicted molar refractivity (Wildman–Crippen MR) is 87.8 cm³/mol. The fourth-order valence-corrected chi connectivity index (χ4v) is 3.41. The van der Waals surface area contributed by atoms with E-state index >= 15 is 0 Å². The summed E-state index contributed by atoms with van der Waals surface area (Å²) < 4.78 is 23.2. The Morgan fingerprint density at radius 2 is 2.09 bits per heavy atom. The lowest BCUT2D eigenvalue weighted by Crippen LogP contribution is -2.44. The van der Waals surface area contributed by atoms with E-state index in [9.17, 15) is 13.2 Å². The summed E-state index contributed by atoms with van der Waals surface area (Å²) >= 11 is 0. The molecule has 1 unspecified atom stereocenters. The van der Waals surface area contributed by atoms with E-state index in [-0.39, 0.29) is 23.4 Å². The summed E-state index contributed by atoms with van der Waals surface area (Å²) in [6.07, 6.45) is 4.46. The van der Waals surface area contributed by atoms with Crippen LogP contribution >= 0.6 is 0 Å². The summed E-state index contributed by atoms with van der Waals surface area (Å²) in [7, 11) is -3.25. The fourth-order valence-electron chi connectivity index (χ4n) is 2.76. The van der Waals surface area contributed by atoms with Crippen LogP contribution in [0.3, 0.4) is 0 Å². The van der Waals surface area contributed by atoms with Gasteiger partial charge in [0.2, 0.25) is 5.91 Å². The molecular formula is C16H24N2O3S. The molecule has 0 saturated carbocycles. The lowest BCUT2D eigenvalue weighted by molar-refractivity contribution is -0.132. The van der Waals surface area contributed by atoms with Crippen molar-refractivity contribution in [3.8, 4) is 0 Å². The number of hydrogen-bond acceptors (Lipinski definition) is 4. The Morgan fingerprint density at radius 3 is 2.73 bits per heavy atom. The van der Waals surface area contributed by atoms with Gasteiger partial charge >= 0.3 is 0 Å². The zero-order chi connectivity index (χ0) is 16.3. The van der Waals surface area contributed by atoms with Crippen LogP contribution in [0, 0.1) is 6.92 Å². The van der Waals surface area contributed by atoms with Crippen LogP contribution in [0.4, 0.5) is 5.69 Å². The number of carbonyl (C=O) groups excluding carboxylic acids is 1. The third-order valence-electron chi connectivity index (χ3n) is 4.19. The maximum Gasteiger partial charge on any atom is 0.242 e. The van der Waals surface area contributed by atoms with Gasteiger partial charge in [-0.2, -0.15) is 0 Å². The first kappa shape index (κ1) is 16.8. The smallest absolute Gasteiger partial charge is 0.242 e. The van der Waals surface area contributed by atoms with Crippen molar-refractivity contribution in [1.29, 1.82) is 0 Å². The highest BCUT2D eigenvalue weighted by Crippen LogP contribution is 2.21. The molecule has 1 aromatic carbocycles. The number of anilines is 1. The first-order chi connectivity index (χ1) is 10.3. The maximum absolute atomic E-state index is 12.3. The summed E-state index contributed by atoms with van der Waals surface area (Å²) in [5.74, 6) is 0.0661. The molecule has 22 heavy (non-hydrogen) atoms. The highest BCUT2D eigenvalue weighted by atomic mass is 32.2. The van der Waals surface area contributed by atoms with Gasteiger partial charge in [0.05, 0.1) is 11.4 Å². The number of carbonyl (C=O) groups is 1. The van der Waals surface area contributed by atoms with Gasteiger partial charge in [-0.05, 0) is 50.8 Å². The third kappa shape index (κ3) is 4.00. The molecule has 0 aromatic heterocycles. The Labute approximate surface area is 132 Å². The minimum atomic E-state index is -3.25.